The van der Waals surface area contributed by atoms with Crippen LogP contribution >= 0.6 is 11.6 Å². The topological polar surface area (TPSA) is 25.4 Å². The van der Waals surface area contributed by atoms with Crippen LogP contribution in [-0.4, -0.2) is 36.7 Å². The predicted molar refractivity (Wildman–Crippen MR) is 86.6 cm³/mol. The summed E-state index contributed by atoms with van der Waals surface area (Å²) in [5, 5.41) is 1.88. The van der Waals surface area contributed by atoms with Crippen molar-refractivity contribution < 1.29 is 4.74 Å². The minimum absolute atomic E-state index is 0.641. The van der Waals surface area contributed by atoms with Crippen LogP contribution in [0.5, 0.6) is 0 Å². The van der Waals surface area contributed by atoms with Crippen LogP contribution in [-0.2, 0) is 11.3 Å². The average Bonchev–Trinajstić information content (AvgIpc) is 2.48. The third-order valence-electron chi connectivity index (χ3n) is 4.01. The Balaban J connectivity index is 1.74. The van der Waals surface area contributed by atoms with Crippen molar-refractivity contribution in [3.05, 3.63) is 41.0 Å². The van der Waals surface area contributed by atoms with Gasteiger partial charge in [0.15, 0.2) is 0 Å². The maximum absolute atomic E-state index is 6.23. The molecular formula is C17H21ClN2O. The van der Waals surface area contributed by atoms with Crippen LogP contribution in [0.3, 0.4) is 0 Å². The molecule has 3 rings (SSSR count). The lowest BCUT2D eigenvalue weighted by Gasteiger charge is -2.27. The Morgan fingerprint density at radius 2 is 2.33 bits per heavy atom. The van der Waals surface area contributed by atoms with Gasteiger partial charge in [-0.25, -0.2) is 0 Å². The molecule has 1 aromatic heterocycles. The Morgan fingerprint density at radius 3 is 3.14 bits per heavy atom. The predicted octanol–water partition coefficient (Wildman–Crippen LogP) is 3.75. The quantitative estimate of drug-likeness (QED) is 0.860. The zero-order valence-electron chi connectivity index (χ0n) is 12.4. The molecular weight excluding hydrogens is 284 g/mol. The third kappa shape index (κ3) is 3.73. The van der Waals surface area contributed by atoms with E-state index >= 15 is 0 Å². The van der Waals surface area contributed by atoms with E-state index < -0.39 is 0 Å². The van der Waals surface area contributed by atoms with Crippen molar-refractivity contribution in [3.63, 3.8) is 0 Å². The van der Waals surface area contributed by atoms with Crippen LogP contribution in [0, 0.1) is 5.92 Å². The summed E-state index contributed by atoms with van der Waals surface area (Å²) < 4.78 is 5.56. The molecule has 0 bridgehead atoms. The largest absolute Gasteiger partial charge is 0.381 e. The van der Waals surface area contributed by atoms with E-state index in [1.54, 1.807) is 0 Å². The molecule has 1 aromatic carbocycles. The SMILES string of the molecule is CN(Cc1cc(Cl)cc2cccnc12)CC1CCCOC1. The number of fused-ring (bicyclic) bond motifs is 1. The van der Waals surface area contributed by atoms with Gasteiger partial charge in [-0.2, -0.15) is 0 Å². The summed E-state index contributed by atoms with van der Waals surface area (Å²) >= 11 is 6.23. The molecule has 0 aliphatic carbocycles. The van der Waals surface area contributed by atoms with E-state index in [1.165, 1.54) is 18.4 Å². The van der Waals surface area contributed by atoms with Crippen molar-refractivity contribution in [2.75, 3.05) is 26.8 Å². The molecule has 0 radical (unpaired) electrons. The Labute approximate surface area is 130 Å². The molecule has 1 unspecified atom stereocenters. The summed E-state index contributed by atoms with van der Waals surface area (Å²) in [7, 11) is 2.16. The van der Waals surface area contributed by atoms with Gasteiger partial charge in [-0.1, -0.05) is 17.7 Å². The molecule has 1 fully saturated rings. The highest BCUT2D eigenvalue weighted by atomic mass is 35.5. The van der Waals surface area contributed by atoms with Gasteiger partial charge >= 0.3 is 0 Å². The molecule has 3 nitrogen and oxygen atoms in total. The fraction of sp³-hybridized carbons (Fsp3) is 0.471. The number of hydrogen-bond donors (Lipinski definition) is 0. The fourth-order valence-electron chi connectivity index (χ4n) is 3.10. The van der Waals surface area contributed by atoms with E-state index in [0.29, 0.717) is 5.92 Å². The van der Waals surface area contributed by atoms with Crippen LogP contribution in [0.15, 0.2) is 30.5 Å². The van der Waals surface area contributed by atoms with Crippen molar-refractivity contribution in [3.8, 4) is 0 Å². The second-order valence-electron chi connectivity index (χ2n) is 5.92. The fourth-order valence-corrected chi connectivity index (χ4v) is 3.34. The smallest absolute Gasteiger partial charge is 0.0747 e. The van der Waals surface area contributed by atoms with Gasteiger partial charge in [0.25, 0.3) is 0 Å². The molecule has 0 saturated carbocycles. The highest BCUT2D eigenvalue weighted by Crippen LogP contribution is 2.24. The number of hydrogen-bond acceptors (Lipinski definition) is 3. The maximum atomic E-state index is 6.23. The number of nitrogens with zero attached hydrogens (tertiary/aromatic N) is 2. The van der Waals surface area contributed by atoms with Crippen LogP contribution in [0.25, 0.3) is 10.9 Å². The van der Waals surface area contributed by atoms with E-state index in [2.05, 4.69) is 23.0 Å². The summed E-state index contributed by atoms with van der Waals surface area (Å²) in [6.45, 7) is 3.73. The first kappa shape index (κ1) is 14.8. The number of aromatic nitrogens is 1. The van der Waals surface area contributed by atoms with E-state index in [9.17, 15) is 0 Å². The van der Waals surface area contributed by atoms with Crippen molar-refractivity contribution >= 4 is 22.5 Å². The molecule has 0 amide bonds. The summed E-state index contributed by atoms with van der Waals surface area (Å²) in [4.78, 5) is 6.86. The maximum Gasteiger partial charge on any atom is 0.0747 e. The van der Waals surface area contributed by atoms with Crippen molar-refractivity contribution in [1.29, 1.82) is 0 Å². The first-order valence-corrected chi connectivity index (χ1v) is 7.89. The monoisotopic (exact) mass is 304 g/mol. The van der Waals surface area contributed by atoms with Gasteiger partial charge in [-0.3, -0.25) is 4.98 Å². The molecule has 1 aliphatic heterocycles. The number of rotatable bonds is 4. The molecule has 2 aromatic rings. The van der Waals surface area contributed by atoms with Crippen molar-refractivity contribution in [2.45, 2.75) is 19.4 Å². The van der Waals surface area contributed by atoms with Gasteiger partial charge in [-0.15, -0.1) is 0 Å². The summed E-state index contributed by atoms with van der Waals surface area (Å²) in [5.41, 5.74) is 2.24. The van der Waals surface area contributed by atoms with Crippen LogP contribution in [0.2, 0.25) is 5.02 Å². The summed E-state index contributed by atoms with van der Waals surface area (Å²) in [5.74, 6) is 0.641. The molecule has 112 valence electrons. The molecule has 4 heteroatoms. The standard InChI is InChI=1S/C17H21ClN2O/c1-20(10-13-4-3-7-21-12-13)11-15-9-16(18)8-14-5-2-6-19-17(14)15/h2,5-6,8-9,13H,3-4,7,10-12H2,1H3. The van der Waals surface area contributed by atoms with Gasteiger partial charge in [-0.05, 0) is 49.6 Å². The first-order chi connectivity index (χ1) is 10.2. The van der Waals surface area contributed by atoms with Gasteiger partial charge < -0.3 is 9.64 Å². The Morgan fingerprint density at radius 1 is 1.43 bits per heavy atom. The number of benzene rings is 1. The van der Waals surface area contributed by atoms with E-state index in [-0.39, 0.29) is 0 Å². The molecule has 0 N–H and O–H groups in total. The van der Waals surface area contributed by atoms with Crippen molar-refractivity contribution in [2.24, 2.45) is 5.92 Å². The third-order valence-corrected chi connectivity index (χ3v) is 4.23. The molecule has 0 spiro atoms. The van der Waals surface area contributed by atoms with Crippen LogP contribution in [0.1, 0.15) is 18.4 Å². The van der Waals surface area contributed by atoms with Gasteiger partial charge in [0.1, 0.15) is 0 Å². The highest BCUT2D eigenvalue weighted by molar-refractivity contribution is 6.31. The van der Waals surface area contributed by atoms with E-state index in [4.69, 9.17) is 16.3 Å². The molecule has 1 aliphatic rings. The van der Waals surface area contributed by atoms with E-state index in [0.717, 1.165) is 42.2 Å². The lowest BCUT2D eigenvalue weighted by molar-refractivity contribution is 0.0412. The Hall–Kier alpha value is -1.16. The molecule has 1 saturated heterocycles. The second kappa shape index (κ2) is 6.73. The minimum atomic E-state index is 0.641. The van der Waals surface area contributed by atoms with Crippen molar-refractivity contribution in [1.82, 2.24) is 9.88 Å². The summed E-state index contributed by atoms with van der Waals surface area (Å²) in [6, 6.07) is 8.02. The average molecular weight is 305 g/mol. The lowest BCUT2D eigenvalue weighted by atomic mass is 10.0. The van der Waals surface area contributed by atoms with E-state index in [1.807, 2.05) is 24.4 Å². The minimum Gasteiger partial charge on any atom is -0.381 e. The summed E-state index contributed by atoms with van der Waals surface area (Å²) in [6.07, 6.45) is 4.29. The molecule has 1 atom stereocenters. The Bertz CT molecular complexity index is 611. The zero-order chi connectivity index (χ0) is 14.7. The molecule has 2 heterocycles. The lowest BCUT2D eigenvalue weighted by Crippen LogP contribution is -2.30. The van der Waals surface area contributed by atoms with Gasteiger partial charge in [0, 0.05) is 36.3 Å². The molecule has 21 heavy (non-hydrogen) atoms. The number of pyridine rings is 1. The van der Waals surface area contributed by atoms with Crippen LogP contribution < -0.4 is 0 Å². The van der Waals surface area contributed by atoms with Gasteiger partial charge in [0.05, 0.1) is 12.1 Å². The highest BCUT2D eigenvalue weighted by Gasteiger charge is 2.16. The van der Waals surface area contributed by atoms with Crippen LogP contribution in [0.4, 0.5) is 0 Å². The number of halogens is 1. The normalized spacial score (nSPS) is 19.3. The first-order valence-electron chi connectivity index (χ1n) is 7.52. The zero-order valence-corrected chi connectivity index (χ0v) is 13.1. The number of ether oxygens (including phenoxy) is 1. The van der Waals surface area contributed by atoms with Gasteiger partial charge in [0.2, 0.25) is 0 Å². The Kier molecular flexibility index (Phi) is 4.73. The second-order valence-corrected chi connectivity index (χ2v) is 6.36.